The van der Waals surface area contributed by atoms with Gasteiger partial charge in [0.25, 0.3) is 0 Å². The van der Waals surface area contributed by atoms with Crippen molar-refractivity contribution in [1.29, 1.82) is 0 Å². The van der Waals surface area contributed by atoms with E-state index in [0.29, 0.717) is 0 Å². The summed E-state index contributed by atoms with van der Waals surface area (Å²) >= 11 is 0. The van der Waals surface area contributed by atoms with Crippen LogP contribution < -0.4 is 5.73 Å². The average Bonchev–Trinajstić information content (AvgIpc) is 2.66. The molecule has 2 atom stereocenters. The van der Waals surface area contributed by atoms with Crippen LogP contribution in [0.5, 0.6) is 0 Å². The first-order chi connectivity index (χ1) is 7.70. The smallest absolute Gasteiger partial charge is 0.106 e. The van der Waals surface area contributed by atoms with Gasteiger partial charge >= 0.3 is 0 Å². The lowest BCUT2D eigenvalue weighted by Gasteiger charge is -2.23. The molecular formula is C12H16N4. The van der Waals surface area contributed by atoms with Crippen LogP contribution in [0.1, 0.15) is 24.4 Å². The number of aryl methyl sites for hydroxylation is 1. The molecule has 4 nitrogen and oxygen atoms in total. The van der Waals surface area contributed by atoms with E-state index in [2.05, 4.69) is 14.5 Å². The summed E-state index contributed by atoms with van der Waals surface area (Å²) in [4.78, 5) is 8.26. The second-order valence-electron chi connectivity index (χ2n) is 3.97. The van der Waals surface area contributed by atoms with E-state index in [1.165, 1.54) is 0 Å². The molecule has 0 spiro atoms. The van der Waals surface area contributed by atoms with E-state index in [1.807, 2.05) is 32.2 Å². The zero-order chi connectivity index (χ0) is 11.5. The Kier molecular flexibility index (Phi) is 3.01. The van der Waals surface area contributed by atoms with Crippen molar-refractivity contribution in [3.8, 4) is 0 Å². The van der Waals surface area contributed by atoms with E-state index < -0.39 is 0 Å². The lowest BCUT2D eigenvalue weighted by atomic mass is 10.0. The van der Waals surface area contributed by atoms with Crippen molar-refractivity contribution in [2.45, 2.75) is 25.9 Å². The van der Waals surface area contributed by atoms with Crippen LogP contribution in [-0.2, 0) is 0 Å². The molecule has 0 fully saturated rings. The van der Waals surface area contributed by atoms with Crippen LogP contribution in [0.25, 0.3) is 0 Å². The Morgan fingerprint density at radius 1 is 1.25 bits per heavy atom. The number of hydrogen-bond acceptors (Lipinski definition) is 3. The Morgan fingerprint density at radius 3 is 2.44 bits per heavy atom. The molecule has 2 aromatic rings. The van der Waals surface area contributed by atoms with Crippen molar-refractivity contribution in [2.24, 2.45) is 5.73 Å². The first-order valence-corrected chi connectivity index (χ1v) is 5.35. The van der Waals surface area contributed by atoms with Gasteiger partial charge in [0.1, 0.15) is 5.82 Å². The summed E-state index contributed by atoms with van der Waals surface area (Å²) < 4.78 is 2.10. The van der Waals surface area contributed by atoms with Crippen LogP contribution >= 0.6 is 0 Å². The van der Waals surface area contributed by atoms with E-state index in [0.717, 1.165) is 11.4 Å². The molecule has 0 radical (unpaired) electrons. The van der Waals surface area contributed by atoms with Crippen LogP contribution in [0.15, 0.2) is 36.9 Å². The van der Waals surface area contributed by atoms with E-state index in [1.54, 1.807) is 18.6 Å². The van der Waals surface area contributed by atoms with Crippen LogP contribution in [0.2, 0.25) is 0 Å². The van der Waals surface area contributed by atoms with Crippen LogP contribution in [0.4, 0.5) is 0 Å². The fourth-order valence-corrected chi connectivity index (χ4v) is 1.96. The first kappa shape index (κ1) is 10.8. The Morgan fingerprint density at radius 2 is 1.94 bits per heavy atom. The molecule has 84 valence electrons. The Labute approximate surface area is 95.1 Å². The standard InChI is InChI=1S/C12H16N4/c1-9(13)12(11-3-5-14-6-4-11)16-8-7-15-10(16)2/h3-9,12H,13H2,1-2H3. The fraction of sp³-hybridized carbons (Fsp3) is 0.333. The number of imidazole rings is 1. The Hall–Kier alpha value is -1.68. The maximum Gasteiger partial charge on any atom is 0.106 e. The molecule has 16 heavy (non-hydrogen) atoms. The van der Waals surface area contributed by atoms with Crippen molar-refractivity contribution in [3.05, 3.63) is 48.3 Å². The molecule has 0 amide bonds. The second-order valence-corrected chi connectivity index (χ2v) is 3.97. The Balaban J connectivity index is 2.43. The van der Waals surface area contributed by atoms with E-state index >= 15 is 0 Å². The molecule has 0 bridgehead atoms. The summed E-state index contributed by atoms with van der Waals surface area (Å²) in [5.74, 6) is 0.971. The van der Waals surface area contributed by atoms with Gasteiger partial charge in [-0.1, -0.05) is 0 Å². The number of nitrogens with zero attached hydrogens (tertiary/aromatic N) is 3. The summed E-state index contributed by atoms with van der Waals surface area (Å²) in [5.41, 5.74) is 7.22. The zero-order valence-electron chi connectivity index (χ0n) is 9.54. The monoisotopic (exact) mass is 216 g/mol. The fourth-order valence-electron chi connectivity index (χ4n) is 1.96. The van der Waals surface area contributed by atoms with Gasteiger partial charge in [0.05, 0.1) is 6.04 Å². The quantitative estimate of drug-likeness (QED) is 0.846. The van der Waals surface area contributed by atoms with E-state index in [9.17, 15) is 0 Å². The Bertz CT molecular complexity index is 447. The van der Waals surface area contributed by atoms with Gasteiger partial charge in [-0.15, -0.1) is 0 Å². The van der Waals surface area contributed by atoms with Crippen LogP contribution in [0.3, 0.4) is 0 Å². The molecule has 0 aliphatic carbocycles. The minimum Gasteiger partial charge on any atom is -0.326 e. The number of rotatable bonds is 3. The molecule has 2 unspecified atom stereocenters. The van der Waals surface area contributed by atoms with Gasteiger partial charge in [-0.25, -0.2) is 4.98 Å². The molecule has 0 saturated carbocycles. The molecule has 0 saturated heterocycles. The molecule has 4 heteroatoms. The van der Waals surface area contributed by atoms with Gasteiger partial charge in [-0.05, 0) is 31.5 Å². The predicted octanol–water partition coefficient (Wildman–Crippen LogP) is 1.52. The van der Waals surface area contributed by atoms with Crippen LogP contribution in [-0.4, -0.2) is 20.6 Å². The lowest BCUT2D eigenvalue weighted by Crippen LogP contribution is -2.30. The highest BCUT2D eigenvalue weighted by Gasteiger charge is 2.19. The van der Waals surface area contributed by atoms with Gasteiger partial charge in [0, 0.05) is 30.8 Å². The largest absolute Gasteiger partial charge is 0.326 e. The predicted molar refractivity (Wildman–Crippen MR) is 63.0 cm³/mol. The van der Waals surface area contributed by atoms with Crippen molar-refractivity contribution in [3.63, 3.8) is 0 Å². The molecule has 2 aromatic heterocycles. The van der Waals surface area contributed by atoms with Gasteiger partial charge in [-0.3, -0.25) is 4.98 Å². The molecule has 2 heterocycles. The number of pyridine rings is 1. The molecule has 2 N–H and O–H groups in total. The topological polar surface area (TPSA) is 56.7 Å². The third-order valence-electron chi connectivity index (χ3n) is 2.71. The molecule has 0 aliphatic rings. The molecule has 0 aromatic carbocycles. The first-order valence-electron chi connectivity index (χ1n) is 5.35. The highest BCUT2D eigenvalue weighted by molar-refractivity contribution is 5.19. The van der Waals surface area contributed by atoms with Crippen molar-refractivity contribution < 1.29 is 0 Å². The third kappa shape index (κ3) is 1.97. The zero-order valence-corrected chi connectivity index (χ0v) is 9.54. The van der Waals surface area contributed by atoms with Crippen LogP contribution in [0, 0.1) is 6.92 Å². The number of aromatic nitrogens is 3. The van der Waals surface area contributed by atoms with Crippen molar-refractivity contribution >= 4 is 0 Å². The van der Waals surface area contributed by atoms with Gasteiger partial charge < -0.3 is 10.3 Å². The highest BCUT2D eigenvalue weighted by Crippen LogP contribution is 2.21. The normalized spacial score (nSPS) is 14.7. The van der Waals surface area contributed by atoms with E-state index in [-0.39, 0.29) is 12.1 Å². The summed E-state index contributed by atoms with van der Waals surface area (Å²) in [5, 5.41) is 0. The summed E-state index contributed by atoms with van der Waals surface area (Å²) in [6, 6.07) is 4.13. The lowest BCUT2D eigenvalue weighted by molar-refractivity contribution is 0.486. The van der Waals surface area contributed by atoms with Crippen molar-refractivity contribution in [1.82, 2.24) is 14.5 Å². The maximum atomic E-state index is 6.06. The van der Waals surface area contributed by atoms with E-state index in [4.69, 9.17) is 5.73 Å². The number of nitrogens with two attached hydrogens (primary N) is 1. The highest BCUT2D eigenvalue weighted by atomic mass is 15.1. The summed E-state index contributed by atoms with van der Waals surface area (Å²) in [6.07, 6.45) is 7.34. The average molecular weight is 216 g/mol. The third-order valence-corrected chi connectivity index (χ3v) is 2.71. The molecule has 2 rings (SSSR count). The summed E-state index contributed by atoms with van der Waals surface area (Å²) in [7, 11) is 0. The van der Waals surface area contributed by atoms with Crippen molar-refractivity contribution in [2.75, 3.05) is 0 Å². The second kappa shape index (κ2) is 4.45. The summed E-state index contributed by atoms with van der Waals surface area (Å²) in [6.45, 7) is 3.99. The number of hydrogen-bond donors (Lipinski definition) is 1. The minimum absolute atomic E-state index is 0.0234. The SMILES string of the molecule is Cc1nccn1C(c1ccncc1)C(C)N. The maximum absolute atomic E-state index is 6.06. The minimum atomic E-state index is 0.0234. The van der Waals surface area contributed by atoms with Gasteiger partial charge in [-0.2, -0.15) is 0 Å². The van der Waals surface area contributed by atoms with Gasteiger partial charge in [0.2, 0.25) is 0 Å². The molecular weight excluding hydrogens is 200 g/mol. The van der Waals surface area contributed by atoms with Gasteiger partial charge in [0.15, 0.2) is 0 Å². The molecule has 0 aliphatic heterocycles.